The summed E-state index contributed by atoms with van der Waals surface area (Å²) in [6, 6.07) is 4.31. The quantitative estimate of drug-likeness (QED) is 0.758. The van der Waals surface area contributed by atoms with Crippen molar-refractivity contribution in [3.63, 3.8) is 0 Å². The minimum atomic E-state index is 0.684. The summed E-state index contributed by atoms with van der Waals surface area (Å²) in [6.45, 7) is 5.64. The van der Waals surface area contributed by atoms with Crippen molar-refractivity contribution in [3.05, 3.63) is 17.5 Å². The summed E-state index contributed by atoms with van der Waals surface area (Å²) >= 11 is 3.81. The van der Waals surface area contributed by atoms with Crippen molar-refractivity contribution in [2.24, 2.45) is 5.92 Å². The lowest BCUT2D eigenvalue weighted by Gasteiger charge is -2.18. The fourth-order valence-electron chi connectivity index (χ4n) is 1.09. The second-order valence-corrected chi connectivity index (χ2v) is 5.88. The number of hydrogen-bond acceptors (Lipinski definition) is 3. The summed E-state index contributed by atoms with van der Waals surface area (Å²) in [4.78, 5) is 0. The van der Waals surface area contributed by atoms with E-state index in [1.54, 1.807) is 0 Å². The molecule has 1 N–H and O–H groups in total. The number of rotatable bonds is 5. The van der Waals surface area contributed by atoms with Crippen LogP contribution in [0.2, 0.25) is 0 Å². The van der Waals surface area contributed by atoms with E-state index in [1.807, 2.05) is 30.1 Å². The third-order valence-corrected chi connectivity index (χ3v) is 4.53. The van der Waals surface area contributed by atoms with E-state index in [9.17, 15) is 0 Å². The Hall–Kier alpha value is 0.01000. The lowest BCUT2D eigenvalue weighted by atomic mass is 10.1. The molecule has 1 atom stereocenters. The second-order valence-electron chi connectivity index (χ2n) is 3.39. The number of hydrogen-bond donors (Lipinski definition) is 1. The summed E-state index contributed by atoms with van der Waals surface area (Å²) < 4.78 is 1.42. The molecule has 0 aliphatic rings. The van der Waals surface area contributed by atoms with Gasteiger partial charge in [-0.25, -0.2) is 0 Å². The molecule has 3 heteroatoms. The molecule has 0 aromatic carbocycles. The lowest BCUT2D eigenvalue weighted by Crippen LogP contribution is -2.25. The van der Waals surface area contributed by atoms with Crippen LogP contribution in [0.3, 0.4) is 0 Å². The van der Waals surface area contributed by atoms with Gasteiger partial charge in [-0.3, -0.25) is 0 Å². The molecule has 0 radical (unpaired) electrons. The van der Waals surface area contributed by atoms with Gasteiger partial charge in [0.1, 0.15) is 0 Å². The molecule has 1 unspecified atom stereocenters. The van der Waals surface area contributed by atoms with E-state index in [4.69, 9.17) is 0 Å². The van der Waals surface area contributed by atoms with E-state index in [1.165, 1.54) is 4.21 Å². The van der Waals surface area contributed by atoms with Crippen molar-refractivity contribution in [2.45, 2.75) is 23.3 Å². The van der Waals surface area contributed by atoms with E-state index in [2.05, 4.69) is 36.7 Å². The van der Waals surface area contributed by atoms with Gasteiger partial charge in [0.25, 0.3) is 0 Å². The van der Waals surface area contributed by atoms with Crippen LogP contribution >= 0.6 is 23.1 Å². The molecule has 1 aromatic heterocycles. The minimum Gasteiger partial charge on any atom is -0.319 e. The van der Waals surface area contributed by atoms with Gasteiger partial charge in [-0.15, -0.1) is 23.1 Å². The molecule has 1 rings (SSSR count). The zero-order chi connectivity index (χ0) is 9.68. The second kappa shape index (κ2) is 5.68. The normalized spacial score (nSPS) is 13.5. The molecule has 0 amide bonds. The monoisotopic (exact) mass is 215 g/mol. The summed E-state index contributed by atoms with van der Waals surface area (Å²) in [6.07, 6.45) is 0. The Morgan fingerprint density at radius 1 is 1.54 bits per heavy atom. The van der Waals surface area contributed by atoms with Crippen LogP contribution in [0.25, 0.3) is 0 Å². The van der Waals surface area contributed by atoms with Gasteiger partial charge in [-0.2, -0.15) is 0 Å². The van der Waals surface area contributed by atoms with E-state index < -0.39 is 0 Å². The highest BCUT2D eigenvalue weighted by Gasteiger charge is 2.13. The fraction of sp³-hybridized carbons (Fsp3) is 0.600. The molecule has 0 saturated heterocycles. The third kappa shape index (κ3) is 3.71. The van der Waals surface area contributed by atoms with Crippen molar-refractivity contribution in [1.29, 1.82) is 0 Å². The fourth-order valence-corrected chi connectivity index (χ4v) is 3.28. The predicted molar refractivity (Wildman–Crippen MR) is 62.7 cm³/mol. The van der Waals surface area contributed by atoms with Crippen LogP contribution in [0.5, 0.6) is 0 Å². The average Bonchev–Trinajstić information content (AvgIpc) is 2.56. The van der Waals surface area contributed by atoms with Crippen molar-refractivity contribution in [2.75, 3.05) is 13.6 Å². The minimum absolute atomic E-state index is 0.684. The number of nitrogens with one attached hydrogen (secondary N) is 1. The molecule has 0 aliphatic heterocycles. The van der Waals surface area contributed by atoms with Gasteiger partial charge in [-0.05, 0) is 24.4 Å². The highest BCUT2D eigenvalue weighted by atomic mass is 32.2. The third-order valence-electron chi connectivity index (χ3n) is 1.91. The van der Waals surface area contributed by atoms with Crippen molar-refractivity contribution < 1.29 is 0 Å². The molecule has 74 valence electrons. The van der Waals surface area contributed by atoms with Crippen LogP contribution in [0.15, 0.2) is 21.7 Å². The molecule has 1 aromatic rings. The Kier molecular flexibility index (Phi) is 4.84. The van der Waals surface area contributed by atoms with Crippen molar-refractivity contribution in [1.82, 2.24) is 5.32 Å². The molecule has 0 aliphatic carbocycles. The first kappa shape index (κ1) is 11.1. The Morgan fingerprint density at radius 3 is 2.77 bits per heavy atom. The van der Waals surface area contributed by atoms with Crippen LogP contribution in [-0.4, -0.2) is 18.8 Å². The largest absolute Gasteiger partial charge is 0.319 e. The van der Waals surface area contributed by atoms with Crippen LogP contribution in [0, 0.1) is 5.92 Å². The molecule has 0 spiro atoms. The number of thioether (sulfide) groups is 1. The van der Waals surface area contributed by atoms with Gasteiger partial charge >= 0.3 is 0 Å². The van der Waals surface area contributed by atoms with E-state index in [0.29, 0.717) is 5.25 Å². The lowest BCUT2D eigenvalue weighted by molar-refractivity contribution is 0.579. The highest BCUT2D eigenvalue weighted by molar-refractivity contribution is 8.01. The van der Waals surface area contributed by atoms with Gasteiger partial charge in [0, 0.05) is 11.8 Å². The van der Waals surface area contributed by atoms with Crippen LogP contribution in [0.1, 0.15) is 13.8 Å². The standard InChI is InChI=1S/C10H17NS2/c1-8(2)9(7-11-3)13-10-5-4-6-12-10/h4-6,8-9,11H,7H2,1-3H3. The molecular weight excluding hydrogens is 198 g/mol. The molecule has 0 saturated carbocycles. The highest BCUT2D eigenvalue weighted by Crippen LogP contribution is 2.30. The Morgan fingerprint density at radius 2 is 2.31 bits per heavy atom. The van der Waals surface area contributed by atoms with Crippen LogP contribution < -0.4 is 5.32 Å². The van der Waals surface area contributed by atoms with Crippen molar-refractivity contribution >= 4 is 23.1 Å². The Labute approximate surface area is 88.9 Å². The predicted octanol–water partition coefficient (Wildman–Crippen LogP) is 3.08. The Balaban J connectivity index is 2.47. The number of thiophene rings is 1. The van der Waals surface area contributed by atoms with E-state index in [0.717, 1.165) is 12.5 Å². The maximum absolute atomic E-state index is 3.25. The average molecular weight is 215 g/mol. The molecule has 1 nitrogen and oxygen atoms in total. The van der Waals surface area contributed by atoms with Crippen LogP contribution in [-0.2, 0) is 0 Å². The summed E-state index contributed by atoms with van der Waals surface area (Å²) in [7, 11) is 2.02. The topological polar surface area (TPSA) is 12.0 Å². The van der Waals surface area contributed by atoms with Gasteiger partial charge in [0.2, 0.25) is 0 Å². The van der Waals surface area contributed by atoms with Gasteiger partial charge < -0.3 is 5.32 Å². The van der Waals surface area contributed by atoms with E-state index in [-0.39, 0.29) is 0 Å². The summed E-state index contributed by atoms with van der Waals surface area (Å²) in [5.41, 5.74) is 0. The smallest absolute Gasteiger partial charge is 0.0601 e. The molecule has 1 heterocycles. The van der Waals surface area contributed by atoms with Gasteiger partial charge in [-0.1, -0.05) is 19.9 Å². The van der Waals surface area contributed by atoms with Gasteiger partial charge in [0.05, 0.1) is 4.21 Å². The van der Waals surface area contributed by atoms with Crippen molar-refractivity contribution in [3.8, 4) is 0 Å². The first-order valence-electron chi connectivity index (χ1n) is 4.58. The first-order valence-corrected chi connectivity index (χ1v) is 6.34. The maximum Gasteiger partial charge on any atom is 0.0601 e. The maximum atomic E-state index is 3.25. The molecule has 0 bridgehead atoms. The summed E-state index contributed by atoms with van der Waals surface area (Å²) in [5, 5.41) is 6.07. The SMILES string of the molecule is CNCC(Sc1cccs1)C(C)C. The molecule has 13 heavy (non-hydrogen) atoms. The molecule has 0 fully saturated rings. The van der Waals surface area contributed by atoms with Gasteiger partial charge in [0.15, 0.2) is 0 Å². The van der Waals surface area contributed by atoms with Crippen LogP contribution in [0.4, 0.5) is 0 Å². The Bertz CT molecular complexity index is 219. The molecular formula is C10H17NS2. The summed E-state index contributed by atoms with van der Waals surface area (Å²) in [5.74, 6) is 0.722. The zero-order valence-corrected chi connectivity index (χ0v) is 10.0. The zero-order valence-electron chi connectivity index (χ0n) is 8.41. The first-order chi connectivity index (χ1) is 6.24. The van der Waals surface area contributed by atoms with E-state index >= 15 is 0 Å².